The number of halogens is 2. The van der Waals surface area contributed by atoms with E-state index in [1.807, 2.05) is 0 Å². The highest BCUT2D eigenvalue weighted by Crippen LogP contribution is 2.24. The molecule has 2 atom stereocenters. The van der Waals surface area contributed by atoms with Gasteiger partial charge in [-0.15, -0.1) is 0 Å². The minimum Gasteiger partial charge on any atom is -0.301 e. The van der Waals surface area contributed by atoms with E-state index in [0.29, 0.717) is 12.0 Å². The van der Waals surface area contributed by atoms with Crippen LogP contribution in [-0.4, -0.2) is 12.7 Å². The van der Waals surface area contributed by atoms with E-state index >= 15 is 0 Å². The van der Waals surface area contributed by atoms with Crippen molar-refractivity contribution in [2.24, 2.45) is 0 Å². The summed E-state index contributed by atoms with van der Waals surface area (Å²) < 4.78 is 26.6. The highest BCUT2D eigenvalue weighted by molar-refractivity contribution is 5.23. The zero-order chi connectivity index (χ0) is 12.3. The molecule has 1 aromatic rings. The molecule has 0 aromatic heterocycles. The normalized spacial score (nSPS) is 24.2. The summed E-state index contributed by atoms with van der Waals surface area (Å²) in [6.07, 6.45) is 1.83. The lowest BCUT2D eigenvalue weighted by atomic mass is 10.0. The van der Waals surface area contributed by atoms with E-state index < -0.39 is 5.82 Å². The molecule has 1 heterocycles. The van der Waals surface area contributed by atoms with Crippen molar-refractivity contribution in [1.82, 2.24) is 16.2 Å². The molecule has 2 unspecified atom stereocenters. The van der Waals surface area contributed by atoms with Crippen molar-refractivity contribution in [3.63, 3.8) is 0 Å². The van der Waals surface area contributed by atoms with E-state index in [1.165, 1.54) is 12.1 Å². The molecule has 0 radical (unpaired) electrons. The lowest BCUT2D eigenvalue weighted by Crippen LogP contribution is -2.41. The maximum Gasteiger partial charge on any atom is 0.128 e. The summed E-state index contributed by atoms with van der Waals surface area (Å²) in [5.74, 6) is -0.782. The Hall–Kier alpha value is -1.04. The third-order valence-corrected chi connectivity index (χ3v) is 2.88. The fourth-order valence-corrected chi connectivity index (χ4v) is 1.99. The molecule has 0 aliphatic carbocycles. The van der Waals surface area contributed by atoms with E-state index in [9.17, 15) is 8.78 Å². The molecule has 1 saturated heterocycles. The second-order valence-corrected chi connectivity index (χ2v) is 4.25. The van der Waals surface area contributed by atoms with E-state index in [1.54, 1.807) is 0 Å². The van der Waals surface area contributed by atoms with Crippen molar-refractivity contribution in [3.05, 3.63) is 35.4 Å². The Morgan fingerprint density at radius 3 is 2.94 bits per heavy atom. The van der Waals surface area contributed by atoms with Gasteiger partial charge in [0.05, 0.1) is 12.2 Å². The first-order chi connectivity index (χ1) is 8.20. The van der Waals surface area contributed by atoms with Crippen LogP contribution >= 0.6 is 0 Å². The predicted octanol–water partition coefficient (Wildman–Crippen LogP) is 1.83. The largest absolute Gasteiger partial charge is 0.301 e. The van der Waals surface area contributed by atoms with Gasteiger partial charge < -0.3 is 5.32 Å². The van der Waals surface area contributed by atoms with Gasteiger partial charge in [-0.2, -0.15) is 0 Å². The van der Waals surface area contributed by atoms with Crippen LogP contribution in [0.5, 0.6) is 0 Å². The van der Waals surface area contributed by atoms with Crippen LogP contribution in [0.3, 0.4) is 0 Å². The summed E-state index contributed by atoms with van der Waals surface area (Å²) in [4.78, 5) is 0. The molecule has 0 bridgehead atoms. The molecule has 0 amide bonds. The molecule has 5 heteroatoms. The van der Waals surface area contributed by atoms with Crippen LogP contribution in [0.25, 0.3) is 0 Å². The molecular weight excluding hydrogens is 224 g/mol. The summed E-state index contributed by atoms with van der Waals surface area (Å²) in [6.45, 7) is 2.98. The third-order valence-electron chi connectivity index (χ3n) is 2.88. The molecule has 94 valence electrons. The molecular formula is C12H17F2N3. The highest BCUT2D eigenvalue weighted by atomic mass is 19.1. The van der Waals surface area contributed by atoms with Crippen molar-refractivity contribution in [2.75, 3.05) is 6.54 Å². The minimum atomic E-state index is -0.409. The van der Waals surface area contributed by atoms with E-state index in [0.717, 1.165) is 19.0 Å². The first kappa shape index (κ1) is 12.4. The summed E-state index contributed by atoms with van der Waals surface area (Å²) in [5.41, 5.74) is 6.39. The predicted molar refractivity (Wildman–Crippen MR) is 62.1 cm³/mol. The van der Waals surface area contributed by atoms with Crippen LogP contribution in [-0.2, 0) is 0 Å². The van der Waals surface area contributed by atoms with Crippen molar-refractivity contribution in [3.8, 4) is 0 Å². The summed E-state index contributed by atoms with van der Waals surface area (Å²) >= 11 is 0. The first-order valence-corrected chi connectivity index (χ1v) is 5.90. The fraction of sp³-hybridized carbons (Fsp3) is 0.500. The second kappa shape index (κ2) is 5.53. The van der Waals surface area contributed by atoms with Crippen LogP contribution in [0, 0.1) is 11.6 Å². The van der Waals surface area contributed by atoms with Gasteiger partial charge in [0.2, 0.25) is 0 Å². The van der Waals surface area contributed by atoms with Gasteiger partial charge in [-0.1, -0.05) is 6.92 Å². The number of nitrogens with one attached hydrogen (secondary N) is 3. The van der Waals surface area contributed by atoms with Gasteiger partial charge in [-0.05, 0) is 37.6 Å². The number of rotatable bonds is 4. The molecule has 1 aliphatic heterocycles. The van der Waals surface area contributed by atoms with Crippen molar-refractivity contribution < 1.29 is 8.78 Å². The second-order valence-electron chi connectivity index (χ2n) is 4.25. The van der Waals surface area contributed by atoms with Gasteiger partial charge in [0.15, 0.2) is 0 Å². The maximum absolute atomic E-state index is 13.5. The summed E-state index contributed by atoms with van der Waals surface area (Å²) in [6, 6.07) is 3.35. The Bertz CT molecular complexity index is 384. The molecule has 3 N–H and O–H groups in total. The van der Waals surface area contributed by atoms with Gasteiger partial charge in [0.1, 0.15) is 11.6 Å². The minimum absolute atomic E-state index is 0.0996. The summed E-state index contributed by atoms with van der Waals surface area (Å²) in [5, 5.41) is 3.28. The van der Waals surface area contributed by atoms with Crippen molar-refractivity contribution >= 4 is 0 Å². The van der Waals surface area contributed by atoms with Crippen LogP contribution in [0.15, 0.2) is 18.2 Å². The van der Waals surface area contributed by atoms with Crippen LogP contribution < -0.4 is 16.2 Å². The molecule has 1 fully saturated rings. The number of benzene rings is 1. The molecule has 3 nitrogen and oxygen atoms in total. The quantitative estimate of drug-likeness (QED) is 0.752. The van der Waals surface area contributed by atoms with Gasteiger partial charge in [-0.3, -0.25) is 0 Å². The van der Waals surface area contributed by atoms with Gasteiger partial charge in [-0.25, -0.2) is 19.6 Å². The average Bonchev–Trinajstić information content (AvgIpc) is 2.78. The molecule has 0 saturated carbocycles. The summed E-state index contributed by atoms with van der Waals surface area (Å²) in [7, 11) is 0. The lowest BCUT2D eigenvalue weighted by molar-refractivity contribution is 0.458. The Morgan fingerprint density at radius 1 is 1.35 bits per heavy atom. The smallest absolute Gasteiger partial charge is 0.128 e. The first-order valence-electron chi connectivity index (χ1n) is 5.90. The Morgan fingerprint density at radius 2 is 2.18 bits per heavy atom. The molecule has 2 rings (SSSR count). The van der Waals surface area contributed by atoms with E-state index in [4.69, 9.17) is 0 Å². The van der Waals surface area contributed by atoms with E-state index in [2.05, 4.69) is 23.1 Å². The van der Waals surface area contributed by atoms with Crippen molar-refractivity contribution in [2.45, 2.75) is 32.0 Å². The van der Waals surface area contributed by atoms with Crippen molar-refractivity contribution in [1.29, 1.82) is 0 Å². The van der Waals surface area contributed by atoms with E-state index in [-0.39, 0.29) is 18.0 Å². The van der Waals surface area contributed by atoms with Gasteiger partial charge in [0, 0.05) is 5.56 Å². The van der Waals surface area contributed by atoms with Gasteiger partial charge in [0.25, 0.3) is 0 Å². The fourth-order valence-electron chi connectivity index (χ4n) is 1.99. The van der Waals surface area contributed by atoms with Gasteiger partial charge >= 0.3 is 0 Å². The van der Waals surface area contributed by atoms with Crippen LogP contribution in [0.1, 0.15) is 31.4 Å². The Balaban J connectivity index is 2.02. The molecule has 1 aliphatic rings. The zero-order valence-electron chi connectivity index (χ0n) is 9.76. The Kier molecular flexibility index (Phi) is 4.04. The van der Waals surface area contributed by atoms with Crippen LogP contribution in [0.2, 0.25) is 0 Å². The number of hydrogen-bond donors (Lipinski definition) is 3. The maximum atomic E-state index is 13.5. The number of hydrazine groups is 1. The Labute approximate surface area is 99.6 Å². The van der Waals surface area contributed by atoms with Crippen LogP contribution in [0.4, 0.5) is 8.78 Å². The topological polar surface area (TPSA) is 36.1 Å². The monoisotopic (exact) mass is 241 g/mol. The lowest BCUT2D eigenvalue weighted by Gasteiger charge is -2.11. The molecule has 0 spiro atoms. The average molecular weight is 241 g/mol. The standard InChI is InChI=1S/C12H17F2N3/c1-2-5-15-12-7-11(16-17-12)9-6-8(13)3-4-10(9)14/h3-4,6,11-12,15-17H,2,5,7H2,1H3. The SMILES string of the molecule is CCCNC1CC(c2cc(F)ccc2F)NN1. The number of hydrogen-bond acceptors (Lipinski definition) is 3. The zero-order valence-corrected chi connectivity index (χ0v) is 9.76. The molecule has 1 aromatic carbocycles. The molecule has 17 heavy (non-hydrogen) atoms. The third kappa shape index (κ3) is 3.00. The highest BCUT2D eigenvalue weighted by Gasteiger charge is 2.26.